The first kappa shape index (κ1) is 14.2. The fraction of sp³-hybridized carbons (Fsp3) is 0.143. The molecule has 2 rings (SSSR count). The van der Waals surface area contributed by atoms with E-state index in [2.05, 4.69) is 5.32 Å². The van der Waals surface area contributed by atoms with Gasteiger partial charge in [-0.15, -0.1) is 0 Å². The molecular formula is C14H14N2O3S. The minimum atomic E-state index is -0.727. The molecule has 0 saturated carbocycles. The van der Waals surface area contributed by atoms with Crippen molar-refractivity contribution >= 4 is 23.2 Å². The van der Waals surface area contributed by atoms with E-state index in [9.17, 15) is 14.7 Å². The summed E-state index contributed by atoms with van der Waals surface area (Å²) in [4.78, 5) is 22.8. The highest BCUT2D eigenvalue weighted by Crippen LogP contribution is 2.15. The molecule has 4 N–H and O–H groups in total. The van der Waals surface area contributed by atoms with Crippen LogP contribution < -0.4 is 11.1 Å². The van der Waals surface area contributed by atoms with Crippen LogP contribution in [0.1, 0.15) is 32.4 Å². The van der Waals surface area contributed by atoms with Crippen molar-refractivity contribution in [2.75, 3.05) is 6.54 Å². The third kappa shape index (κ3) is 3.43. The first-order valence-electron chi connectivity index (χ1n) is 5.96. The zero-order chi connectivity index (χ0) is 14.5. The molecule has 0 fully saturated rings. The number of rotatable bonds is 5. The van der Waals surface area contributed by atoms with Gasteiger partial charge in [0.25, 0.3) is 5.91 Å². The number of carbonyl (C=O) groups excluding carboxylic acids is 2. The number of aliphatic hydroxyl groups excluding tert-OH is 1. The maximum atomic E-state index is 11.9. The third-order valence-corrected chi connectivity index (χ3v) is 3.52. The van der Waals surface area contributed by atoms with Gasteiger partial charge in [0.15, 0.2) is 0 Å². The number of hydrogen-bond donors (Lipinski definition) is 3. The summed E-state index contributed by atoms with van der Waals surface area (Å²) in [6, 6.07) is 7.83. The van der Waals surface area contributed by atoms with Crippen LogP contribution in [0.25, 0.3) is 0 Å². The number of nitrogens with two attached hydrogens (primary N) is 1. The van der Waals surface area contributed by atoms with Gasteiger partial charge in [0.05, 0.1) is 6.10 Å². The molecule has 0 aliphatic rings. The van der Waals surface area contributed by atoms with Gasteiger partial charge in [-0.05, 0) is 46.7 Å². The normalized spacial score (nSPS) is 11.8. The monoisotopic (exact) mass is 290 g/mol. The first-order chi connectivity index (χ1) is 9.58. The van der Waals surface area contributed by atoms with Crippen molar-refractivity contribution in [3.05, 3.63) is 57.8 Å². The molecule has 0 spiro atoms. The Hall–Kier alpha value is -2.18. The minimum Gasteiger partial charge on any atom is -0.387 e. The molecule has 0 aliphatic carbocycles. The molecule has 0 saturated heterocycles. The van der Waals surface area contributed by atoms with Crippen LogP contribution >= 0.6 is 11.3 Å². The molecule has 0 aliphatic heterocycles. The van der Waals surface area contributed by atoms with E-state index < -0.39 is 12.0 Å². The molecule has 104 valence electrons. The summed E-state index contributed by atoms with van der Waals surface area (Å²) in [7, 11) is 0. The average Bonchev–Trinajstić information content (AvgIpc) is 2.98. The van der Waals surface area contributed by atoms with Gasteiger partial charge in [-0.3, -0.25) is 9.59 Å². The second-order valence-corrected chi connectivity index (χ2v) is 5.00. The van der Waals surface area contributed by atoms with E-state index in [1.54, 1.807) is 0 Å². The number of carbonyl (C=O) groups is 2. The van der Waals surface area contributed by atoms with E-state index in [1.165, 1.54) is 35.6 Å². The maximum absolute atomic E-state index is 11.9. The van der Waals surface area contributed by atoms with E-state index in [1.807, 2.05) is 16.8 Å². The van der Waals surface area contributed by atoms with Gasteiger partial charge in [-0.25, -0.2) is 0 Å². The summed E-state index contributed by atoms with van der Waals surface area (Å²) in [6.45, 7) is 0.132. The lowest BCUT2D eigenvalue weighted by atomic mass is 10.1. The van der Waals surface area contributed by atoms with Crippen molar-refractivity contribution < 1.29 is 14.7 Å². The van der Waals surface area contributed by atoms with Gasteiger partial charge < -0.3 is 16.2 Å². The highest BCUT2D eigenvalue weighted by atomic mass is 32.1. The van der Waals surface area contributed by atoms with Crippen molar-refractivity contribution in [3.63, 3.8) is 0 Å². The molecule has 5 nitrogen and oxygen atoms in total. The molecule has 2 amide bonds. The first-order valence-corrected chi connectivity index (χ1v) is 6.90. The Morgan fingerprint density at radius 2 is 1.85 bits per heavy atom. The van der Waals surface area contributed by atoms with Crippen LogP contribution in [0, 0.1) is 0 Å². The van der Waals surface area contributed by atoms with Crippen LogP contribution in [0.4, 0.5) is 0 Å². The minimum absolute atomic E-state index is 0.132. The Kier molecular flexibility index (Phi) is 4.49. The van der Waals surface area contributed by atoms with Crippen molar-refractivity contribution in [2.45, 2.75) is 6.10 Å². The van der Waals surface area contributed by atoms with Crippen LogP contribution in [0.15, 0.2) is 41.1 Å². The highest BCUT2D eigenvalue weighted by molar-refractivity contribution is 7.07. The quantitative estimate of drug-likeness (QED) is 0.775. The summed E-state index contributed by atoms with van der Waals surface area (Å²) >= 11 is 1.49. The van der Waals surface area contributed by atoms with Gasteiger partial charge in [-0.2, -0.15) is 11.3 Å². The SMILES string of the molecule is NC(=O)c1ccc(C(=O)NCC(O)c2ccsc2)cc1. The maximum Gasteiger partial charge on any atom is 0.251 e. The number of benzene rings is 1. The summed E-state index contributed by atoms with van der Waals surface area (Å²) in [5.41, 5.74) is 6.66. The highest BCUT2D eigenvalue weighted by Gasteiger charge is 2.11. The lowest BCUT2D eigenvalue weighted by Gasteiger charge is -2.10. The summed E-state index contributed by atoms with van der Waals surface area (Å²) in [5.74, 6) is -0.847. The van der Waals surface area contributed by atoms with E-state index in [0.717, 1.165) is 5.56 Å². The Labute approximate surface area is 120 Å². The summed E-state index contributed by atoms with van der Waals surface area (Å²) in [6.07, 6.45) is -0.727. The predicted octanol–water partition coefficient (Wildman–Crippen LogP) is 1.31. The van der Waals surface area contributed by atoms with Crippen molar-refractivity contribution in [1.29, 1.82) is 0 Å². The number of amides is 2. The second-order valence-electron chi connectivity index (χ2n) is 4.22. The molecular weight excluding hydrogens is 276 g/mol. The molecule has 1 unspecified atom stereocenters. The fourth-order valence-corrected chi connectivity index (χ4v) is 2.37. The lowest BCUT2D eigenvalue weighted by Crippen LogP contribution is -2.28. The van der Waals surface area contributed by atoms with Crippen molar-refractivity contribution in [3.8, 4) is 0 Å². The van der Waals surface area contributed by atoms with Gasteiger partial charge in [-0.1, -0.05) is 0 Å². The number of hydrogen-bond acceptors (Lipinski definition) is 4. The summed E-state index contributed by atoms with van der Waals surface area (Å²) < 4.78 is 0. The lowest BCUT2D eigenvalue weighted by molar-refractivity contribution is 0.0915. The van der Waals surface area contributed by atoms with Crippen LogP contribution in [-0.4, -0.2) is 23.5 Å². The molecule has 0 radical (unpaired) electrons. The Morgan fingerprint density at radius 3 is 2.40 bits per heavy atom. The molecule has 1 aromatic heterocycles. The van der Waals surface area contributed by atoms with Crippen LogP contribution in [-0.2, 0) is 0 Å². The molecule has 6 heteroatoms. The number of primary amides is 1. The number of nitrogens with one attached hydrogen (secondary N) is 1. The van der Waals surface area contributed by atoms with Gasteiger partial charge in [0.2, 0.25) is 5.91 Å². The van der Waals surface area contributed by atoms with Gasteiger partial charge in [0, 0.05) is 17.7 Å². The molecule has 1 atom stereocenters. The van der Waals surface area contributed by atoms with Crippen molar-refractivity contribution in [2.24, 2.45) is 5.73 Å². The van der Waals surface area contributed by atoms with Gasteiger partial charge >= 0.3 is 0 Å². The Balaban J connectivity index is 1.93. The zero-order valence-corrected chi connectivity index (χ0v) is 11.4. The Bertz CT molecular complexity index is 593. The molecule has 20 heavy (non-hydrogen) atoms. The fourth-order valence-electron chi connectivity index (χ4n) is 1.66. The van der Waals surface area contributed by atoms with E-state index in [4.69, 9.17) is 5.73 Å². The molecule has 1 heterocycles. The molecule has 1 aromatic carbocycles. The third-order valence-electron chi connectivity index (χ3n) is 2.82. The van der Waals surface area contributed by atoms with E-state index >= 15 is 0 Å². The summed E-state index contributed by atoms with van der Waals surface area (Å²) in [5, 5.41) is 16.2. The largest absolute Gasteiger partial charge is 0.387 e. The van der Waals surface area contributed by atoms with Crippen molar-refractivity contribution in [1.82, 2.24) is 5.32 Å². The van der Waals surface area contributed by atoms with Gasteiger partial charge in [0.1, 0.15) is 0 Å². The standard InChI is InChI=1S/C14H14N2O3S/c15-13(18)9-1-3-10(4-2-9)14(19)16-7-12(17)11-5-6-20-8-11/h1-6,8,12,17H,7H2,(H2,15,18)(H,16,19). The number of thiophene rings is 1. The van der Waals surface area contributed by atoms with Crippen LogP contribution in [0.3, 0.4) is 0 Å². The topological polar surface area (TPSA) is 92.4 Å². The molecule has 0 bridgehead atoms. The second kappa shape index (κ2) is 6.31. The predicted molar refractivity (Wildman–Crippen MR) is 76.6 cm³/mol. The van der Waals surface area contributed by atoms with E-state index in [0.29, 0.717) is 11.1 Å². The van der Waals surface area contributed by atoms with E-state index in [-0.39, 0.29) is 12.5 Å². The zero-order valence-electron chi connectivity index (χ0n) is 10.6. The van der Waals surface area contributed by atoms with Crippen LogP contribution in [0.5, 0.6) is 0 Å². The van der Waals surface area contributed by atoms with Crippen LogP contribution in [0.2, 0.25) is 0 Å². The average molecular weight is 290 g/mol. The Morgan fingerprint density at radius 1 is 1.20 bits per heavy atom. The molecule has 2 aromatic rings. The smallest absolute Gasteiger partial charge is 0.251 e. The number of aliphatic hydroxyl groups is 1.